The van der Waals surface area contributed by atoms with Crippen molar-refractivity contribution in [3.05, 3.63) is 12.2 Å². The van der Waals surface area contributed by atoms with Crippen LogP contribution >= 0.6 is 0 Å². The molecule has 208 valence electrons. The summed E-state index contributed by atoms with van der Waals surface area (Å²) >= 11 is 0. The van der Waals surface area contributed by atoms with Crippen LogP contribution in [0.5, 0.6) is 0 Å². The highest BCUT2D eigenvalue weighted by molar-refractivity contribution is 5.93. The Bertz CT molecular complexity index is 881. The number of ether oxygens (including phenoxy) is 2. The minimum absolute atomic E-state index is 0.0895. The monoisotopic (exact) mass is 522 g/mol. The van der Waals surface area contributed by atoms with Gasteiger partial charge in [-0.25, -0.2) is 9.59 Å². The maximum atomic E-state index is 13.5. The average molecular weight is 523 g/mol. The Morgan fingerprint density at radius 1 is 1.19 bits per heavy atom. The molecule has 0 radical (unpaired) electrons. The van der Waals surface area contributed by atoms with Gasteiger partial charge in [0.25, 0.3) is 0 Å². The molecular weight excluding hydrogens is 480 g/mol. The quantitative estimate of drug-likeness (QED) is 0.277. The Labute approximate surface area is 219 Å². The van der Waals surface area contributed by atoms with Gasteiger partial charge in [0.1, 0.15) is 17.7 Å². The SMILES string of the molecule is CCOC(=O)/C=C/[C@H](C[C@@H]1CCNC1=O)NC(=O)[C@H](CC(C)C)N1CCC(NC(=O)OC(C)(C)C)C1=O. The molecule has 37 heavy (non-hydrogen) atoms. The first kappa shape index (κ1) is 30.1. The molecule has 0 saturated carbocycles. The normalized spacial score (nSPS) is 21.6. The summed E-state index contributed by atoms with van der Waals surface area (Å²) in [7, 11) is 0. The molecule has 4 amide bonds. The summed E-state index contributed by atoms with van der Waals surface area (Å²) in [5.41, 5.74) is -0.701. The van der Waals surface area contributed by atoms with Crippen LogP contribution in [-0.4, -0.2) is 78.1 Å². The molecule has 0 aliphatic carbocycles. The van der Waals surface area contributed by atoms with Gasteiger partial charge in [-0.05, 0) is 59.3 Å². The molecule has 4 atom stereocenters. The smallest absolute Gasteiger partial charge is 0.408 e. The zero-order chi connectivity index (χ0) is 27.8. The number of rotatable bonds is 11. The van der Waals surface area contributed by atoms with Gasteiger partial charge in [-0.1, -0.05) is 19.9 Å². The number of esters is 1. The lowest BCUT2D eigenvalue weighted by molar-refractivity contribution is -0.139. The third-order valence-electron chi connectivity index (χ3n) is 6.08. The predicted octanol–water partition coefficient (Wildman–Crippen LogP) is 1.66. The third-order valence-corrected chi connectivity index (χ3v) is 6.08. The van der Waals surface area contributed by atoms with Crippen molar-refractivity contribution in [2.45, 2.75) is 91.0 Å². The summed E-state index contributed by atoms with van der Waals surface area (Å²) in [5, 5.41) is 8.32. The number of hydrogen-bond acceptors (Lipinski definition) is 7. The number of carbonyl (C=O) groups excluding carboxylic acids is 5. The number of amides is 4. The van der Waals surface area contributed by atoms with E-state index in [2.05, 4.69) is 16.0 Å². The zero-order valence-electron chi connectivity index (χ0n) is 22.8. The van der Waals surface area contributed by atoms with E-state index >= 15 is 0 Å². The van der Waals surface area contributed by atoms with Crippen LogP contribution in [0.1, 0.15) is 67.2 Å². The van der Waals surface area contributed by atoms with E-state index in [0.29, 0.717) is 38.8 Å². The summed E-state index contributed by atoms with van der Waals surface area (Å²) in [6, 6.07) is -2.15. The van der Waals surface area contributed by atoms with Gasteiger partial charge in [-0.2, -0.15) is 0 Å². The first-order valence-corrected chi connectivity index (χ1v) is 13.0. The van der Waals surface area contributed by atoms with Gasteiger partial charge >= 0.3 is 12.1 Å². The molecule has 2 saturated heterocycles. The Kier molecular flexibility index (Phi) is 10.9. The Morgan fingerprint density at radius 3 is 2.46 bits per heavy atom. The van der Waals surface area contributed by atoms with E-state index in [1.807, 2.05) is 13.8 Å². The topological polar surface area (TPSA) is 143 Å². The van der Waals surface area contributed by atoms with E-state index in [4.69, 9.17) is 9.47 Å². The first-order chi connectivity index (χ1) is 17.3. The van der Waals surface area contributed by atoms with Crippen molar-refractivity contribution in [3.8, 4) is 0 Å². The van der Waals surface area contributed by atoms with Crippen LogP contribution in [0, 0.1) is 11.8 Å². The van der Waals surface area contributed by atoms with E-state index in [-0.39, 0.29) is 36.2 Å². The molecule has 1 unspecified atom stereocenters. The summed E-state index contributed by atoms with van der Waals surface area (Å²) in [5.74, 6) is -1.54. The lowest BCUT2D eigenvalue weighted by Gasteiger charge is -2.30. The number of hydrogen-bond donors (Lipinski definition) is 3. The van der Waals surface area contributed by atoms with E-state index in [9.17, 15) is 24.0 Å². The number of carbonyl (C=O) groups is 5. The average Bonchev–Trinajstić information content (AvgIpc) is 3.34. The number of alkyl carbamates (subject to hydrolysis) is 1. The molecule has 2 rings (SSSR count). The summed E-state index contributed by atoms with van der Waals surface area (Å²) in [4.78, 5) is 64.4. The molecule has 11 heteroatoms. The van der Waals surface area contributed by atoms with E-state index in [1.165, 1.54) is 17.1 Å². The fourth-order valence-electron chi connectivity index (χ4n) is 4.44. The van der Waals surface area contributed by atoms with E-state index in [1.54, 1.807) is 27.7 Å². The highest BCUT2D eigenvalue weighted by Gasteiger charge is 2.41. The van der Waals surface area contributed by atoms with Crippen molar-refractivity contribution < 1.29 is 33.4 Å². The number of nitrogens with one attached hydrogen (secondary N) is 3. The van der Waals surface area contributed by atoms with Crippen LogP contribution < -0.4 is 16.0 Å². The first-order valence-electron chi connectivity index (χ1n) is 13.0. The minimum atomic E-state index is -0.779. The van der Waals surface area contributed by atoms with Crippen LogP contribution in [0.2, 0.25) is 0 Å². The molecule has 2 heterocycles. The predicted molar refractivity (Wildman–Crippen MR) is 136 cm³/mol. The number of nitrogens with zero attached hydrogens (tertiary/aromatic N) is 1. The zero-order valence-corrected chi connectivity index (χ0v) is 22.8. The highest BCUT2D eigenvalue weighted by atomic mass is 16.6. The second-order valence-electron chi connectivity index (χ2n) is 10.9. The molecule has 2 fully saturated rings. The fraction of sp³-hybridized carbons (Fsp3) is 0.731. The van der Waals surface area contributed by atoms with Crippen molar-refractivity contribution >= 4 is 29.8 Å². The second kappa shape index (κ2) is 13.4. The van der Waals surface area contributed by atoms with Crippen molar-refractivity contribution in [1.82, 2.24) is 20.9 Å². The van der Waals surface area contributed by atoms with E-state index in [0.717, 1.165) is 0 Å². The fourth-order valence-corrected chi connectivity index (χ4v) is 4.44. The largest absolute Gasteiger partial charge is 0.463 e. The van der Waals surface area contributed by atoms with Crippen LogP contribution in [0.3, 0.4) is 0 Å². The molecule has 0 bridgehead atoms. The minimum Gasteiger partial charge on any atom is -0.463 e. The van der Waals surface area contributed by atoms with Crippen LogP contribution in [0.25, 0.3) is 0 Å². The lowest BCUT2D eigenvalue weighted by Crippen LogP contribution is -2.53. The molecule has 11 nitrogen and oxygen atoms in total. The standard InChI is InChI=1S/C26H42N4O7/c1-7-36-21(31)9-8-18(15-17-10-12-27-22(17)32)28-23(33)20(14-16(2)3)30-13-11-19(24(30)34)29-25(35)37-26(4,5)6/h8-9,16-20H,7,10-15H2,1-6H3,(H,27,32)(H,28,33)(H,29,35)/b9-8+/t17-,18+,19?,20-/m0/s1. The highest BCUT2D eigenvalue weighted by Crippen LogP contribution is 2.22. The summed E-state index contributed by atoms with van der Waals surface area (Å²) in [6.07, 6.45) is 3.82. The van der Waals surface area contributed by atoms with Gasteiger partial charge in [0.15, 0.2) is 0 Å². The maximum Gasteiger partial charge on any atom is 0.408 e. The molecule has 2 aliphatic rings. The molecule has 0 aromatic heterocycles. The lowest BCUT2D eigenvalue weighted by atomic mass is 9.96. The Balaban J connectivity index is 2.15. The van der Waals surface area contributed by atoms with Crippen molar-refractivity contribution in [1.29, 1.82) is 0 Å². The molecule has 0 aromatic carbocycles. The van der Waals surface area contributed by atoms with Crippen molar-refractivity contribution in [2.75, 3.05) is 19.7 Å². The van der Waals surface area contributed by atoms with E-state index < -0.39 is 35.8 Å². The van der Waals surface area contributed by atoms with Gasteiger partial charge < -0.3 is 30.3 Å². The van der Waals surface area contributed by atoms with Crippen molar-refractivity contribution in [3.63, 3.8) is 0 Å². The summed E-state index contributed by atoms with van der Waals surface area (Å²) in [6.45, 7) is 11.9. The van der Waals surface area contributed by atoms with Gasteiger partial charge in [0.2, 0.25) is 17.7 Å². The van der Waals surface area contributed by atoms with Crippen LogP contribution in [0.15, 0.2) is 12.2 Å². The van der Waals surface area contributed by atoms with Crippen LogP contribution in [-0.2, 0) is 28.7 Å². The van der Waals surface area contributed by atoms with Crippen LogP contribution in [0.4, 0.5) is 4.79 Å². The molecule has 3 N–H and O–H groups in total. The third kappa shape index (κ3) is 9.70. The summed E-state index contributed by atoms with van der Waals surface area (Å²) < 4.78 is 10.2. The Morgan fingerprint density at radius 2 is 1.89 bits per heavy atom. The molecule has 0 aromatic rings. The van der Waals surface area contributed by atoms with Crippen molar-refractivity contribution in [2.24, 2.45) is 11.8 Å². The van der Waals surface area contributed by atoms with Gasteiger partial charge in [0.05, 0.1) is 6.61 Å². The van der Waals surface area contributed by atoms with Gasteiger partial charge in [0, 0.05) is 31.1 Å². The van der Waals surface area contributed by atoms with Gasteiger partial charge in [-0.3, -0.25) is 14.4 Å². The Hall–Kier alpha value is -3.11. The molecule has 2 aliphatic heterocycles. The number of likely N-dealkylation sites (tertiary alicyclic amines) is 1. The van der Waals surface area contributed by atoms with Gasteiger partial charge in [-0.15, -0.1) is 0 Å². The molecule has 0 spiro atoms. The molecular formula is C26H42N4O7. The second-order valence-corrected chi connectivity index (χ2v) is 10.9. The maximum absolute atomic E-state index is 13.5.